The second kappa shape index (κ2) is 7.92. The molecule has 0 fully saturated rings. The number of nitrogens with one attached hydrogen (secondary N) is 1. The molecule has 0 amide bonds. The molecule has 0 radical (unpaired) electrons. The third kappa shape index (κ3) is 4.90. The van der Waals surface area contributed by atoms with Crippen molar-refractivity contribution in [1.29, 1.82) is 0 Å². The standard InChI is InChI=1S/C18H23ClN2O3/c1-4-24-10-12(22)9-14-16(20-11-18(2,3)23)13-7-5-6-8-15(13)21-17(14)19/h5-8,23H,4,9-11H2,1-3H3,(H,20,21). The van der Waals surface area contributed by atoms with E-state index in [0.717, 1.165) is 16.6 Å². The molecule has 0 aliphatic carbocycles. The Morgan fingerprint density at radius 1 is 1.38 bits per heavy atom. The van der Waals surface area contributed by atoms with Crippen molar-refractivity contribution in [2.24, 2.45) is 0 Å². The number of para-hydroxylation sites is 1. The van der Waals surface area contributed by atoms with Crippen LogP contribution in [0, 0.1) is 0 Å². The van der Waals surface area contributed by atoms with Crippen molar-refractivity contribution < 1.29 is 14.6 Å². The minimum Gasteiger partial charge on any atom is -0.389 e. The van der Waals surface area contributed by atoms with Crippen LogP contribution in [0.3, 0.4) is 0 Å². The van der Waals surface area contributed by atoms with E-state index in [1.165, 1.54) is 0 Å². The van der Waals surface area contributed by atoms with E-state index < -0.39 is 5.60 Å². The molecule has 0 bridgehead atoms. The summed E-state index contributed by atoms with van der Waals surface area (Å²) >= 11 is 6.33. The van der Waals surface area contributed by atoms with Gasteiger partial charge in [-0.2, -0.15) is 0 Å². The number of aliphatic hydroxyl groups is 1. The largest absolute Gasteiger partial charge is 0.389 e. The third-order valence-corrected chi connectivity index (χ3v) is 3.79. The van der Waals surface area contributed by atoms with E-state index in [2.05, 4.69) is 10.3 Å². The van der Waals surface area contributed by atoms with Crippen LogP contribution in [0.25, 0.3) is 10.9 Å². The van der Waals surface area contributed by atoms with Gasteiger partial charge in [-0.05, 0) is 26.8 Å². The van der Waals surface area contributed by atoms with E-state index in [0.29, 0.717) is 18.7 Å². The summed E-state index contributed by atoms with van der Waals surface area (Å²) in [5.74, 6) is -0.0675. The Kier molecular flexibility index (Phi) is 6.15. The van der Waals surface area contributed by atoms with Gasteiger partial charge in [0.15, 0.2) is 5.78 Å². The van der Waals surface area contributed by atoms with Gasteiger partial charge in [0.05, 0.1) is 16.8 Å². The number of carbonyl (C=O) groups excluding carboxylic acids is 1. The SMILES string of the molecule is CCOCC(=O)Cc1c(Cl)nc2ccccc2c1NCC(C)(C)O. The van der Waals surface area contributed by atoms with E-state index in [-0.39, 0.29) is 24.0 Å². The predicted octanol–water partition coefficient (Wildman–Crippen LogP) is 3.22. The quantitative estimate of drug-likeness (QED) is 0.715. The van der Waals surface area contributed by atoms with E-state index in [1.54, 1.807) is 13.8 Å². The van der Waals surface area contributed by atoms with Crippen molar-refractivity contribution in [3.63, 3.8) is 0 Å². The van der Waals surface area contributed by atoms with Crippen LogP contribution in [0.15, 0.2) is 24.3 Å². The van der Waals surface area contributed by atoms with Crippen LogP contribution in [-0.2, 0) is 16.0 Å². The number of ketones is 1. The molecule has 0 saturated carbocycles. The van der Waals surface area contributed by atoms with Crippen molar-refractivity contribution in [2.45, 2.75) is 32.8 Å². The Hall–Kier alpha value is -1.69. The molecule has 130 valence electrons. The summed E-state index contributed by atoms with van der Waals surface area (Å²) in [5, 5.41) is 14.4. The molecule has 2 rings (SSSR count). The van der Waals surface area contributed by atoms with Gasteiger partial charge >= 0.3 is 0 Å². The number of rotatable bonds is 8. The number of Topliss-reactive ketones (excluding diaryl/α,β-unsaturated/α-hetero) is 1. The van der Waals surface area contributed by atoms with E-state index >= 15 is 0 Å². The lowest BCUT2D eigenvalue weighted by Crippen LogP contribution is -2.30. The van der Waals surface area contributed by atoms with Crippen molar-refractivity contribution in [1.82, 2.24) is 4.98 Å². The fourth-order valence-electron chi connectivity index (χ4n) is 2.35. The first kappa shape index (κ1) is 18.6. The summed E-state index contributed by atoms with van der Waals surface area (Å²) in [6.45, 7) is 6.12. The molecular formula is C18H23ClN2O3. The van der Waals surface area contributed by atoms with Gasteiger partial charge in [0.2, 0.25) is 0 Å². The maximum Gasteiger partial charge on any atom is 0.163 e. The lowest BCUT2D eigenvalue weighted by atomic mass is 10.0. The zero-order valence-electron chi connectivity index (χ0n) is 14.2. The summed E-state index contributed by atoms with van der Waals surface area (Å²) in [4.78, 5) is 16.5. The number of hydrogen-bond acceptors (Lipinski definition) is 5. The molecule has 0 unspecified atom stereocenters. The Balaban J connectivity index is 2.43. The van der Waals surface area contributed by atoms with Gasteiger partial charge in [-0.3, -0.25) is 4.79 Å². The highest BCUT2D eigenvalue weighted by Crippen LogP contribution is 2.32. The summed E-state index contributed by atoms with van der Waals surface area (Å²) < 4.78 is 5.18. The first-order valence-corrected chi connectivity index (χ1v) is 8.32. The van der Waals surface area contributed by atoms with Crippen LogP contribution in [-0.4, -0.2) is 41.2 Å². The number of pyridine rings is 1. The van der Waals surface area contributed by atoms with Crippen molar-refractivity contribution in [3.05, 3.63) is 35.0 Å². The molecular weight excluding hydrogens is 328 g/mol. The Morgan fingerprint density at radius 2 is 2.08 bits per heavy atom. The maximum atomic E-state index is 12.1. The van der Waals surface area contributed by atoms with Gasteiger partial charge in [-0.1, -0.05) is 29.8 Å². The highest BCUT2D eigenvalue weighted by Gasteiger charge is 2.19. The first-order chi connectivity index (χ1) is 11.3. The van der Waals surface area contributed by atoms with Gasteiger partial charge in [-0.15, -0.1) is 0 Å². The number of benzene rings is 1. The fourth-order valence-corrected chi connectivity index (χ4v) is 2.61. The number of hydrogen-bond donors (Lipinski definition) is 2. The van der Waals surface area contributed by atoms with E-state index in [1.807, 2.05) is 31.2 Å². The summed E-state index contributed by atoms with van der Waals surface area (Å²) in [5.41, 5.74) is 1.20. The van der Waals surface area contributed by atoms with E-state index in [4.69, 9.17) is 16.3 Å². The number of fused-ring (bicyclic) bond motifs is 1. The van der Waals surface area contributed by atoms with Crippen LogP contribution in [0.5, 0.6) is 0 Å². The monoisotopic (exact) mass is 350 g/mol. The number of halogens is 1. The van der Waals surface area contributed by atoms with Crippen molar-refractivity contribution >= 4 is 34.0 Å². The second-order valence-corrected chi connectivity index (χ2v) is 6.65. The molecule has 1 heterocycles. The van der Waals surface area contributed by atoms with Gasteiger partial charge in [0.25, 0.3) is 0 Å². The fraction of sp³-hybridized carbons (Fsp3) is 0.444. The molecule has 1 aromatic carbocycles. The van der Waals surface area contributed by atoms with Crippen LogP contribution in [0.2, 0.25) is 5.15 Å². The molecule has 24 heavy (non-hydrogen) atoms. The molecule has 0 aliphatic heterocycles. The lowest BCUT2D eigenvalue weighted by molar-refractivity contribution is -0.122. The highest BCUT2D eigenvalue weighted by atomic mass is 35.5. The first-order valence-electron chi connectivity index (χ1n) is 7.94. The Morgan fingerprint density at radius 3 is 2.75 bits per heavy atom. The minimum atomic E-state index is -0.899. The molecule has 0 saturated heterocycles. The summed E-state index contributed by atoms with van der Waals surface area (Å²) in [6, 6.07) is 7.56. The van der Waals surface area contributed by atoms with Gasteiger partial charge in [0.1, 0.15) is 11.8 Å². The number of aromatic nitrogens is 1. The normalized spacial score (nSPS) is 11.7. The summed E-state index contributed by atoms with van der Waals surface area (Å²) in [7, 11) is 0. The maximum absolute atomic E-state index is 12.1. The number of ether oxygens (including phenoxy) is 1. The van der Waals surface area contributed by atoms with Crippen molar-refractivity contribution in [3.8, 4) is 0 Å². The molecule has 0 spiro atoms. The topological polar surface area (TPSA) is 71.5 Å². The van der Waals surface area contributed by atoms with Crippen molar-refractivity contribution in [2.75, 3.05) is 25.1 Å². The Labute approximate surface area is 147 Å². The number of carbonyl (C=O) groups is 1. The molecule has 1 aromatic heterocycles. The number of nitrogens with zero attached hydrogens (tertiary/aromatic N) is 1. The lowest BCUT2D eigenvalue weighted by Gasteiger charge is -2.22. The smallest absolute Gasteiger partial charge is 0.163 e. The van der Waals surface area contributed by atoms with Gasteiger partial charge < -0.3 is 15.2 Å². The zero-order valence-corrected chi connectivity index (χ0v) is 15.0. The minimum absolute atomic E-state index is 0.0462. The molecule has 0 atom stereocenters. The molecule has 2 N–H and O–H groups in total. The average Bonchev–Trinajstić information content (AvgIpc) is 2.51. The van der Waals surface area contributed by atoms with Gasteiger partial charge in [-0.25, -0.2) is 4.98 Å². The van der Waals surface area contributed by atoms with Crippen LogP contribution < -0.4 is 5.32 Å². The van der Waals surface area contributed by atoms with E-state index in [9.17, 15) is 9.90 Å². The third-order valence-electron chi connectivity index (χ3n) is 3.48. The molecule has 6 heteroatoms. The van der Waals surface area contributed by atoms with Crippen LogP contribution in [0.4, 0.5) is 5.69 Å². The zero-order chi connectivity index (χ0) is 17.7. The Bertz CT molecular complexity index is 726. The predicted molar refractivity (Wildman–Crippen MR) is 96.7 cm³/mol. The average molecular weight is 351 g/mol. The van der Waals surface area contributed by atoms with Gasteiger partial charge in [0, 0.05) is 30.5 Å². The van der Waals surface area contributed by atoms with Crippen LogP contribution >= 0.6 is 11.6 Å². The molecule has 2 aromatic rings. The summed E-state index contributed by atoms with van der Waals surface area (Å²) in [6.07, 6.45) is 0.130. The highest BCUT2D eigenvalue weighted by molar-refractivity contribution is 6.31. The molecule has 5 nitrogen and oxygen atoms in total. The molecule has 0 aliphatic rings. The number of anilines is 1. The van der Waals surface area contributed by atoms with Crippen LogP contribution in [0.1, 0.15) is 26.3 Å². The second-order valence-electron chi connectivity index (χ2n) is 6.29.